The number of nitro benzene ring substituents is 1. The van der Waals surface area contributed by atoms with Gasteiger partial charge < -0.3 is 15.6 Å². The fraction of sp³-hybridized carbons (Fsp3) is 0. The Morgan fingerprint density at radius 2 is 1.77 bits per heavy atom. The third-order valence-electron chi connectivity index (χ3n) is 4.56. The summed E-state index contributed by atoms with van der Waals surface area (Å²) < 4.78 is 0.802. The topological polar surface area (TPSA) is 131 Å². The molecule has 1 amide bonds. The van der Waals surface area contributed by atoms with Crippen LogP contribution in [0.1, 0.15) is 5.56 Å². The van der Waals surface area contributed by atoms with Crippen LogP contribution in [0.5, 0.6) is 5.75 Å². The van der Waals surface area contributed by atoms with Crippen LogP contribution in [0.15, 0.2) is 72.8 Å². The number of aromatic hydroxyl groups is 1. The van der Waals surface area contributed by atoms with Gasteiger partial charge in [0.2, 0.25) is 5.91 Å². The summed E-state index contributed by atoms with van der Waals surface area (Å²) in [6, 6.07) is 17.1. The molecule has 0 aliphatic heterocycles. The monoisotopic (exact) mass is 416 g/mol. The molecule has 9 nitrogen and oxygen atoms in total. The number of carbonyl (C=O) groups excluding carboxylic acids is 1. The van der Waals surface area contributed by atoms with Crippen LogP contribution in [0.3, 0.4) is 0 Å². The predicted octanol–water partition coefficient (Wildman–Crippen LogP) is 4.21. The number of carbonyl (C=O) groups is 1. The number of nitrogens with one attached hydrogen (secondary N) is 1. The molecule has 3 N–H and O–H groups in total. The molecule has 154 valence electrons. The molecule has 0 aliphatic carbocycles. The lowest BCUT2D eigenvalue weighted by Gasteiger charge is -2.05. The van der Waals surface area contributed by atoms with Gasteiger partial charge in [-0.2, -0.15) is 4.73 Å². The van der Waals surface area contributed by atoms with Crippen LogP contribution in [0, 0.1) is 10.1 Å². The number of non-ortho nitro benzene ring substituents is 1. The summed E-state index contributed by atoms with van der Waals surface area (Å²) in [5.74, 6) is 0.0412. The molecule has 9 heteroatoms. The van der Waals surface area contributed by atoms with Gasteiger partial charge >= 0.3 is 0 Å². The summed E-state index contributed by atoms with van der Waals surface area (Å²) in [5, 5.41) is 33.3. The second-order valence-corrected chi connectivity index (χ2v) is 6.67. The van der Waals surface area contributed by atoms with Gasteiger partial charge in [0.25, 0.3) is 5.69 Å². The van der Waals surface area contributed by atoms with Gasteiger partial charge in [0.05, 0.1) is 10.4 Å². The third kappa shape index (κ3) is 4.20. The second-order valence-electron chi connectivity index (χ2n) is 6.67. The van der Waals surface area contributed by atoms with Crippen molar-refractivity contribution in [3.63, 3.8) is 0 Å². The zero-order valence-corrected chi connectivity index (χ0v) is 16.0. The molecule has 4 rings (SSSR count). The lowest BCUT2D eigenvalue weighted by Crippen LogP contribution is -2.07. The molecule has 0 saturated carbocycles. The number of hydrogen-bond acceptors (Lipinski definition) is 6. The van der Waals surface area contributed by atoms with Gasteiger partial charge in [-0.25, -0.2) is 4.98 Å². The lowest BCUT2D eigenvalue weighted by molar-refractivity contribution is -0.384. The van der Waals surface area contributed by atoms with Crippen molar-refractivity contribution in [2.75, 3.05) is 5.32 Å². The molecule has 0 atom stereocenters. The highest BCUT2D eigenvalue weighted by Gasteiger charge is 2.15. The van der Waals surface area contributed by atoms with Crippen LogP contribution in [0.2, 0.25) is 0 Å². The Morgan fingerprint density at radius 3 is 2.45 bits per heavy atom. The van der Waals surface area contributed by atoms with Crippen LogP contribution in [0.4, 0.5) is 11.4 Å². The van der Waals surface area contributed by atoms with E-state index in [2.05, 4.69) is 10.3 Å². The van der Waals surface area contributed by atoms with Crippen LogP contribution >= 0.6 is 0 Å². The van der Waals surface area contributed by atoms with Crippen molar-refractivity contribution in [2.24, 2.45) is 0 Å². The van der Waals surface area contributed by atoms with E-state index in [0.717, 1.165) is 10.3 Å². The molecule has 0 radical (unpaired) electrons. The average Bonchev–Trinajstić information content (AvgIpc) is 3.10. The van der Waals surface area contributed by atoms with Gasteiger partial charge in [0.15, 0.2) is 5.82 Å². The smallest absolute Gasteiger partial charge is 0.271 e. The van der Waals surface area contributed by atoms with Gasteiger partial charge in [0, 0.05) is 29.5 Å². The van der Waals surface area contributed by atoms with Crippen LogP contribution in [0.25, 0.3) is 28.5 Å². The number of benzene rings is 3. The minimum atomic E-state index is -0.542. The molecule has 3 aromatic carbocycles. The van der Waals surface area contributed by atoms with Crippen LogP contribution in [-0.2, 0) is 4.79 Å². The molecule has 1 aromatic heterocycles. The molecule has 0 bridgehead atoms. The molecule has 0 unspecified atom stereocenters. The molecular formula is C22H16N4O5. The predicted molar refractivity (Wildman–Crippen MR) is 115 cm³/mol. The van der Waals surface area contributed by atoms with Crippen molar-refractivity contribution in [3.8, 4) is 17.1 Å². The minimum absolute atomic E-state index is 0.146. The van der Waals surface area contributed by atoms with E-state index in [0.29, 0.717) is 16.8 Å². The number of rotatable bonds is 5. The summed E-state index contributed by atoms with van der Waals surface area (Å²) in [6.07, 6.45) is 3.00. The van der Waals surface area contributed by atoms with Crippen LogP contribution < -0.4 is 5.32 Å². The van der Waals surface area contributed by atoms with E-state index in [1.165, 1.54) is 36.4 Å². The summed E-state index contributed by atoms with van der Waals surface area (Å²) >= 11 is 0. The van der Waals surface area contributed by atoms with Crippen molar-refractivity contribution >= 4 is 34.4 Å². The number of phenols is 1. The highest BCUT2D eigenvalue weighted by Crippen LogP contribution is 2.27. The number of imidazole rings is 1. The van der Waals surface area contributed by atoms with E-state index < -0.39 is 4.92 Å². The molecule has 0 aliphatic rings. The highest BCUT2D eigenvalue weighted by atomic mass is 16.6. The van der Waals surface area contributed by atoms with Crippen molar-refractivity contribution in [1.29, 1.82) is 0 Å². The largest absolute Gasteiger partial charge is 0.508 e. The van der Waals surface area contributed by atoms with E-state index in [1.54, 1.807) is 42.5 Å². The van der Waals surface area contributed by atoms with Gasteiger partial charge in [-0.3, -0.25) is 14.9 Å². The summed E-state index contributed by atoms with van der Waals surface area (Å²) in [5.41, 5.74) is 2.37. The van der Waals surface area contributed by atoms with Gasteiger partial charge in [-0.1, -0.05) is 12.1 Å². The normalized spacial score (nSPS) is 11.1. The first kappa shape index (κ1) is 19.6. The zero-order valence-electron chi connectivity index (χ0n) is 16.0. The highest BCUT2D eigenvalue weighted by molar-refractivity contribution is 6.02. The Hall–Kier alpha value is -4.66. The Balaban J connectivity index is 1.50. The number of phenolic OH excluding ortho intramolecular Hbond substituents is 1. The van der Waals surface area contributed by atoms with Crippen LogP contribution in [-0.4, -0.2) is 30.9 Å². The van der Waals surface area contributed by atoms with E-state index >= 15 is 0 Å². The quantitative estimate of drug-likeness (QED) is 0.193. The first-order chi connectivity index (χ1) is 14.9. The fourth-order valence-corrected chi connectivity index (χ4v) is 3.00. The number of nitrogens with zero attached hydrogens (tertiary/aromatic N) is 3. The third-order valence-corrected chi connectivity index (χ3v) is 4.56. The average molecular weight is 416 g/mol. The second kappa shape index (κ2) is 7.99. The number of nitro groups is 1. The maximum atomic E-state index is 12.1. The molecule has 1 heterocycles. The SMILES string of the molecule is O=C(/C=C/c1ccc(O)cc1)Nc1ccc(-c2nc3ccc([N+](=O)[O-])cc3n2O)cc1. The van der Waals surface area contributed by atoms with E-state index in [-0.39, 0.29) is 28.7 Å². The number of anilines is 1. The Kier molecular flexibility index (Phi) is 5.07. The van der Waals surface area contributed by atoms with E-state index in [1.807, 2.05) is 0 Å². The van der Waals surface area contributed by atoms with Crippen molar-refractivity contribution in [1.82, 2.24) is 9.71 Å². The first-order valence-corrected chi connectivity index (χ1v) is 9.15. The van der Waals surface area contributed by atoms with E-state index in [9.17, 15) is 25.2 Å². The molecule has 4 aromatic rings. The molecular weight excluding hydrogens is 400 g/mol. The number of aromatic nitrogens is 2. The first-order valence-electron chi connectivity index (χ1n) is 9.15. The van der Waals surface area contributed by atoms with Gasteiger partial charge in [0.1, 0.15) is 11.3 Å². The molecule has 31 heavy (non-hydrogen) atoms. The summed E-state index contributed by atoms with van der Waals surface area (Å²) in [6.45, 7) is 0. The number of fused-ring (bicyclic) bond motifs is 1. The minimum Gasteiger partial charge on any atom is -0.508 e. The zero-order chi connectivity index (χ0) is 22.0. The summed E-state index contributed by atoms with van der Waals surface area (Å²) in [7, 11) is 0. The van der Waals surface area contributed by atoms with E-state index in [4.69, 9.17) is 0 Å². The van der Waals surface area contributed by atoms with Gasteiger partial charge in [-0.05, 0) is 54.1 Å². The maximum absolute atomic E-state index is 12.1. The number of hydrogen-bond donors (Lipinski definition) is 3. The maximum Gasteiger partial charge on any atom is 0.271 e. The summed E-state index contributed by atoms with van der Waals surface area (Å²) in [4.78, 5) is 26.8. The lowest BCUT2D eigenvalue weighted by atomic mass is 10.2. The molecule has 0 spiro atoms. The van der Waals surface area contributed by atoms with Gasteiger partial charge in [-0.15, -0.1) is 0 Å². The molecule has 0 fully saturated rings. The van der Waals surface area contributed by atoms with Crippen molar-refractivity contribution in [3.05, 3.63) is 88.5 Å². The molecule has 0 saturated heterocycles. The Labute approximate surface area is 175 Å². The van der Waals surface area contributed by atoms with Crippen molar-refractivity contribution in [2.45, 2.75) is 0 Å². The Bertz CT molecular complexity index is 1310. The van der Waals surface area contributed by atoms with Crippen molar-refractivity contribution < 1.29 is 20.0 Å². The fourth-order valence-electron chi connectivity index (χ4n) is 3.00. The number of amides is 1. The Morgan fingerprint density at radius 1 is 1.06 bits per heavy atom. The standard InChI is InChI=1S/C22H16N4O5/c27-18-9-1-14(2-10-18)3-12-21(28)23-16-6-4-15(5-7-16)22-24-19-11-8-17(26(30)31)13-20(19)25(22)29/h1-13,27,29H,(H,23,28)/b12-3+.